The molecule has 0 radical (unpaired) electrons. The summed E-state index contributed by atoms with van der Waals surface area (Å²) in [5, 5.41) is 5.77. The molecule has 2 rings (SSSR count). The van der Waals surface area contributed by atoms with Crippen molar-refractivity contribution in [1.29, 1.82) is 0 Å². The fraction of sp³-hybridized carbons (Fsp3) is 0.444. The molecular formula is C9H12N2OS. The number of hydrogen-bond donors (Lipinski definition) is 2. The Morgan fingerprint density at radius 3 is 3.08 bits per heavy atom. The zero-order chi connectivity index (χ0) is 9.26. The largest absolute Gasteiger partial charge is 0.326 e. The number of hydrogen-bond acceptors (Lipinski definition) is 3. The van der Waals surface area contributed by atoms with Crippen LogP contribution in [0.4, 0.5) is 5.00 Å². The molecule has 0 bridgehead atoms. The predicted molar refractivity (Wildman–Crippen MR) is 53.6 cm³/mol. The molecule has 13 heavy (non-hydrogen) atoms. The van der Waals surface area contributed by atoms with Crippen LogP contribution in [-0.4, -0.2) is 5.91 Å². The van der Waals surface area contributed by atoms with Crippen molar-refractivity contribution in [3.05, 3.63) is 17.0 Å². The maximum absolute atomic E-state index is 11.4. The SMILES string of the molecule is NCc1ccsc1NC(=O)C1CC1. The third-order valence-electron chi connectivity index (χ3n) is 2.15. The van der Waals surface area contributed by atoms with E-state index in [2.05, 4.69) is 5.32 Å². The molecule has 70 valence electrons. The Hall–Kier alpha value is -0.870. The number of nitrogens with two attached hydrogens (primary N) is 1. The van der Waals surface area contributed by atoms with Gasteiger partial charge in [0.2, 0.25) is 5.91 Å². The molecule has 3 N–H and O–H groups in total. The quantitative estimate of drug-likeness (QED) is 0.770. The summed E-state index contributed by atoms with van der Waals surface area (Å²) in [4.78, 5) is 11.4. The third-order valence-corrected chi connectivity index (χ3v) is 3.02. The molecule has 3 nitrogen and oxygen atoms in total. The highest BCUT2D eigenvalue weighted by molar-refractivity contribution is 7.14. The highest BCUT2D eigenvalue weighted by atomic mass is 32.1. The number of amides is 1. The minimum absolute atomic E-state index is 0.150. The van der Waals surface area contributed by atoms with Gasteiger partial charge in [-0.1, -0.05) is 0 Å². The Balaban J connectivity index is 2.03. The second kappa shape index (κ2) is 3.47. The molecule has 0 unspecified atom stereocenters. The number of carbonyl (C=O) groups is 1. The van der Waals surface area contributed by atoms with Gasteiger partial charge in [-0.2, -0.15) is 0 Å². The standard InChI is InChI=1S/C9H12N2OS/c10-5-7-3-4-13-9(7)11-8(12)6-1-2-6/h3-4,6H,1-2,5,10H2,(H,11,12). The molecule has 4 heteroatoms. The highest BCUT2D eigenvalue weighted by Crippen LogP contribution is 2.31. The van der Waals surface area contributed by atoms with Gasteiger partial charge in [0.1, 0.15) is 0 Å². The van der Waals surface area contributed by atoms with E-state index in [0.29, 0.717) is 6.54 Å². The molecular weight excluding hydrogens is 184 g/mol. The Kier molecular flexibility index (Phi) is 2.33. The molecule has 1 aliphatic carbocycles. The van der Waals surface area contributed by atoms with Crippen LogP contribution in [-0.2, 0) is 11.3 Å². The molecule has 1 fully saturated rings. The summed E-state index contributed by atoms with van der Waals surface area (Å²) in [6, 6.07) is 1.95. The Labute approximate surface area is 80.9 Å². The average molecular weight is 196 g/mol. The van der Waals surface area contributed by atoms with Crippen molar-refractivity contribution in [2.45, 2.75) is 19.4 Å². The fourth-order valence-corrected chi connectivity index (χ4v) is 2.00. The van der Waals surface area contributed by atoms with Gasteiger partial charge >= 0.3 is 0 Å². The van der Waals surface area contributed by atoms with Crippen LogP contribution in [0.15, 0.2) is 11.4 Å². The van der Waals surface area contributed by atoms with E-state index < -0.39 is 0 Å². The van der Waals surface area contributed by atoms with Crippen molar-refractivity contribution in [1.82, 2.24) is 0 Å². The molecule has 1 aliphatic rings. The van der Waals surface area contributed by atoms with Crippen LogP contribution in [0.3, 0.4) is 0 Å². The lowest BCUT2D eigenvalue weighted by Crippen LogP contribution is -2.13. The lowest BCUT2D eigenvalue weighted by atomic mass is 10.3. The van der Waals surface area contributed by atoms with Crippen LogP contribution in [0.2, 0.25) is 0 Å². The van der Waals surface area contributed by atoms with Gasteiger partial charge in [0.15, 0.2) is 0 Å². The van der Waals surface area contributed by atoms with E-state index in [4.69, 9.17) is 5.73 Å². The summed E-state index contributed by atoms with van der Waals surface area (Å²) in [6.45, 7) is 0.490. The minimum atomic E-state index is 0.150. The zero-order valence-corrected chi connectivity index (χ0v) is 8.06. The first-order chi connectivity index (χ1) is 6.31. The molecule has 0 aromatic carbocycles. The second-order valence-corrected chi connectivity index (χ2v) is 4.16. The minimum Gasteiger partial charge on any atom is -0.326 e. The number of rotatable bonds is 3. The van der Waals surface area contributed by atoms with E-state index in [1.165, 1.54) is 11.3 Å². The third kappa shape index (κ3) is 1.89. The monoisotopic (exact) mass is 196 g/mol. The van der Waals surface area contributed by atoms with Crippen molar-refractivity contribution in [3.8, 4) is 0 Å². The summed E-state index contributed by atoms with van der Waals surface area (Å²) in [6.07, 6.45) is 2.07. The summed E-state index contributed by atoms with van der Waals surface area (Å²) < 4.78 is 0. The van der Waals surface area contributed by atoms with Gasteiger partial charge in [-0.3, -0.25) is 4.79 Å². The number of nitrogens with one attached hydrogen (secondary N) is 1. The molecule has 1 saturated carbocycles. The first kappa shape index (κ1) is 8.72. The Bertz CT molecular complexity index is 317. The molecule has 1 amide bonds. The number of carbonyl (C=O) groups excluding carboxylic acids is 1. The normalized spacial score (nSPS) is 15.8. The van der Waals surface area contributed by atoms with Gasteiger partial charge in [0, 0.05) is 18.0 Å². The van der Waals surface area contributed by atoms with Crippen LogP contribution in [0.5, 0.6) is 0 Å². The molecule has 1 heterocycles. The first-order valence-electron chi connectivity index (χ1n) is 4.38. The van der Waals surface area contributed by atoms with E-state index in [1.54, 1.807) is 0 Å². The molecule has 0 saturated heterocycles. The first-order valence-corrected chi connectivity index (χ1v) is 5.26. The smallest absolute Gasteiger partial charge is 0.228 e. The van der Waals surface area contributed by atoms with Crippen molar-refractivity contribution in [3.63, 3.8) is 0 Å². The van der Waals surface area contributed by atoms with Gasteiger partial charge in [0.25, 0.3) is 0 Å². The van der Waals surface area contributed by atoms with Crippen LogP contribution < -0.4 is 11.1 Å². The van der Waals surface area contributed by atoms with Gasteiger partial charge in [-0.15, -0.1) is 11.3 Å². The summed E-state index contributed by atoms with van der Waals surface area (Å²) in [5.74, 6) is 0.407. The van der Waals surface area contributed by atoms with Crippen molar-refractivity contribution in [2.24, 2.45) is 11.7 Å². The maximum Gasteiger partial charge on any atom is 0.228 e. The highest BCUT2D eigenvalue weighted by Gasteiger charge is 2.29. The van der Waals surface area contributed by atoms with E-state index in [1.807, 2.05) is 11.4 Å². The van der Waals surface area contributed by atoms with Gasteiger partial charge in [-0.25, -0.2) is 0 Å². The predicted octanol–water partition coefficient (Wildman–Crippen LogP) is 1.56. The van der Waals surface area contributed by atoms with Gasteiger partial charge in [0.05, 0.1) is 5.00 Å². The Morgan fingerprint density at radius 2 is 2.46 bits per heavy atom. The van der Waals surface area contributed by atoms with E-state index in [-0.39, 0.29) is 11.8 Å². The van der Waals surface area contributed by atoms with E-state index in [9.17, 15) is 4.79 Å². The number of thiophene rings is 1. The molecule has 0 aliphatic heterocycles. The van der Waals surface area contributed by atoms with Crippen LogP contribution in [0, 0.1) is 5.92 Å². The van der Waals surface area contributed by atoms with E-state index in [0.717, 1.165) is 23.4 Å². The van der Waals surface area contributed by atoms with E-state index >= 15 is 0 Å². The van der Waals surface area contributed by atoms with Crippen molar-refractivity contribution in [2.75, 3.05) is 5.32 Å². The van der Waals surface area contributed by atoms with Crippen LogP contribution in [0.25, 0.3) is 0 Å². The number of anilines is 1. The molecule has 1 aromatic heterocycles. The molecule has 1 aromatic rings. The summed E-state index contributed by atoms with van der Waals surface area (Å²) in [7, 11) is 0. The van der Waals surface area contributed by atoms with Crippen LogP contribution in [0.1, 0.15) is 18.4 Å². The molecule has 0 atom stereocenters. The van der Waals surface area contributed by atoms with Gasteiger partial charge in [-0.05, 0) is 24.3 Å². The lowest BCUT2D eigenvalue weighted by molar-refractivity contribution is -0.117. The maximum atomic E-state index is 11.4. The second-order valence-electron chi connectivity index (χ2n) is 3.24. The fourth-order valence-electron chi connectivity index (χ4n) is 1.17. The summed E-state index contributed by atoms with van der Waals surface area (Å²) in [5.41, 5.74) is 6.54. The Morgan fingerprint density at radius 1 is 1.69 bits per heavy atom. The van der Waals surface area contributed by atoms with Crippen molar-refractivity contribution < 1.29 is 4.79 Å². The average Bonchev–Trinajstić information content (AvgIpc) is 2.88. The molecule has 0 spiro atoms. The van der Waals surface area contributed by atoms with Crippen molar-refractivity contribution >= 4 is 22.2 Å². The zero-order valence-electron chi connectivity index (χ0n) is 7.25. The summed E-state index contributed by atoms with van der Waals surface area (Å²) >= 11 is 1.54. The van der Waals surface area contributed by atoms with Gasteiger partial charge < -0.3 is 11.1 Å². The van der Waals surface area contributed by atoms with Crippen LogP contribution >= 0.6 is 11.3 Å². The lowest BCUT2D eigenvalue weighted by Gasteiger charge is -2.02. The topological polar surface area (TPSA) is 55.1 Å².